The van der Waals surface area contributed by atoms with Gasteiger partial charge < -0.3 is 0 Å². The summed E-state index contributed by atoms with van der Waals surface area (Å²) in [5.41, 5.74) is 0.984. The molecule has 0 spiro atoms. The summed E-state index contributed by atoms with van der Waals surface area (Å²) < 4.78 is 31.3. The highest BCUT2D eigenvalue weighted by Crippen LogP contribution is 2.15. The van der Waals surface area contributed by atoms with E-state index in [-0.39, 0.29) is 4.90 Å². The first-order valence-corrected chi connectivity index (χ1v) is 11.0. The van der Waals surface area contributed by atoms with Crippen LogP contribution < -0.4 is 0 Å². The molecule has 138 valence electrons. The Morgan fingerprint density at radius 1 is 0.792 bits per heavy atom. The Morgan fingerprint density at radius 3 is 1.79 bits per heavy atom. The topological polar surface area (TPSA) is 54.4 Å². The summed E-state index contributed by atoms with van der Waals surface area (Å²) in [7, 11) is -4.08. The number of benzene rings is 1. The van der Waals surface area contributed by atoms with Gasteiger partial charge in [0, 0.05) is 0 Å². The van der Waals surface area contributed by atoms with Crippen LogP contribution in [-0.2, 0) is 16.5 Å². The lowest BCUT2D eigenvalue weighted by Gasteiger charge is -2.04. The van der Waals surface area contributed by atoms with E-state index in [4.69, 9.17) is 4.55 Å². The van der Waals surface area contributed by atoms with Gasteiger partial charge in [-0.15, -0.1) is 0 Å². The standard InChI is InChI=1S/C20H34O3S/c1-2-3-4-5-6-7-8-9-10-11-12-13-15-19-16-14-17-20(18-19)24(21,22)23/h14,16-18H,2-13,15H2,1H3,(H,21,22,23). The minimum absolute atomic E-state index is 0.000985. The number of rotatable bonds is 14. The van der Waals surface area contributed by atoms with Gasteiger partial charge in [-0.2, -0.15) is 8.42 Å². The van der Waals surface area contributed by atoms with Crippen LogP contribution in [0.25, 0.3) is 0 Å². The maximum atomic E-state index is 11.1. The molecule has 1 N–H and O–H groups in total. The van der Waals surface area contributed by atoms with Crippen LogP contribution in [0.3, 0.4) is 0 Å². The lowest BCUT2D eigenvalue weighted by molar-refractivity contribution is 0.483. The fraction of sp³-hybridized carbons (Fsp3) is 0.700. The molecule has 0 unspecified atom stereocenters. The summed E-state index contributed by atoms with van der Waals surface area (Å²) in [6.45, 7) is 2.26. The van der Waals surface area contributed by atoms with Crippen LogP contribution in [-0.4, -0.2) is 13.0 Å². The van der Waals surface area contributed by atoms with Gasteiger partial charge in [-0.25, -0.2) is 0 Å². The van der Waals surface area contributed by atoms with Crippen molar-refractivity contribution in [3.8, 4) is 0 Å². The predicted octanol–water partition coefficient (Wildman–Crippen LogP) is 6.18. The maximum absolute atomic E-state index is 11.1. The van der Waals surface area contributed by atoms with Crippen molar-refractivity contribution in [1.29, 1.82) is 0 Å². The van der Waals surface area contributed by atoms with Crippen molar-refractivity contribution < 1.29 is 13.0 Å². The molecule has 0 aromatic heterocycles. The second-order valence-electron chi connectivity index (χ2n) is 6.76. The number of unbranched alkanes of at least 4 members (excludes halogenated alkanes) is 11. The second kappa shape index (κ2) is 12.5. The molecule has 0 aliphatic heterocycles. The molecule has 4 heteroatoms. The first-order chi connectivity index (χ1) is 11.5. The Balaban J connectivity index is 2.01. The molecule has 1 aromatic rings. The maximum Gasteiger partial charge on any atom is 0.294 e. The quantitative estimate of drug-likeness (QED) is 0.321. The van der Waals surface area contributed by atoms with E-state index in [9.17, 15) is 8.42 Å². The van der Waals surface area contributed by atoms with Gasteiger partial charge in [0.25, 0.3) is 10.1 Å². The zero-order valence-corrected chi connectivity index (χ0v) is 16.0. The average Bonchev–Trinajstić information content (AvgIpc) is 2.55. The first kappa shape index (κ1) is 21.2. The van der Waals surface area contributed by atoms with Crippen molar-refractivity contribution in [2.24, 2.45) is 0 Å². The summed E-state index contributed by atoms with van der Waals surface area (Å²) >= 11 is 0. The highest BCUT2D eigenvalue weighted by Gasteiger charge is 2.09. The molecule has 1 aromatic carbocycles. The lowest BCUT2D eigenvalue weighted by Crippen LogP contribution is -1.98. The third-order valence-electron chi connectivity index (χ3n) is 4.52. The predicted molar refractivity (Wildman–Crippen MR) is 101 cm³/mol. The van der Waals surface area contributed by atoms with Crippen LogP contribution in [0.4, 0.5) is 0 Å². The number of hydrogen-bond acceptors (Lipinski definition) is 2. The molecule has 0 bridgehead atoms. The SMILES string of the molecule is CCCCCCCCCCCCCCc1cccc(S(=O)(=O)O)c1. The number of hydrogen-bond donors (Lipinski definition) is 1. The molecule has 3 nitrogen and oxygen atoms in total. The molecule has 1 rings (SSSR count). The van der Waals surface area contributed by atoms with Crippen LogP contribution in [0.15, 0.2) is 29.2 Å². The van der Waals surface area contributed by atoms with E-state index in [0.29, 0.717) is 0 Å². The molecule has 0 saturated heterocycles. The second-order valence-corrected chi connectivity index (χ2v) is 8.18. The van der Waals surface area contributed by atoms with Crippen molar-refractivity contribution in [2.45, 2.75) is 95.3 Å². The van der Waals surface area contributed by atoms with E-state index in [1.165, 1.54) is 76.7 Å². The van der Waals surface area contributed by atoms with Crippen LogP contribution in [0.5, 0.6) is 0 Å². The van der Waals surface area contributed by atoms with Crippen LogP contribution in [0.1, 0.15) is 89.5 Å². The van der Waals surface area contributed by atoms with Gasteiger partial charge >= 0.3 is 0 Å². The van der Waals surface area contributed by atoms with Crippen molar-refractivity contribution in [3.05, 3.63) is 29.8 Å². The molecule has 0 heterocycles. The molecule has 24 heavy (non-hydrogen) atoms. The van der Waals surface area contributed by atoms with Crippen molar-refractivity contribution in [1.82, 2.24) is 0 Å². The van der Waals surface area contributed by atoms with E-state index in [2.05, 4.69) is 6.92 Å². The fourth-order valence-electron chi connectivity index (χ4n) is 3.03. The third-order valence-corrected chi connectivity index (χ3v) is 5.36. The van der Waals surface area contributed by atoms with Crippen LogP contribution in [0.2, 0.25) is 0 Å². The Labute approximate surface area is 148 Å². The van der Waals surface area contributed by atoms with Gasteiger partial charge in [0.15, 0.2) is 0 Å². The van der Waals surface area contributed by atoms with E-state index in [1.807, 2.05) is 6.07 Å². The largest absolute Gasteiger partial charge is 0.294 e. The highest BCUT2D eigenvalue weighted by molar-refractivity contribution is 7.85. The molecule has 0 aliphatic rings. The van der Waals surface area contributed by atoms with Crippen molar-refractivity contribution in [3.63, 3.8) is 0 Å². The van der Waals surface area contributed by atoms with Gasteiger partial charge in [-0.3, -0.25) is 4.55 Å². The van der Waals surface area contributed by atoms with E-state index in [1.54, 1.807) is 12.1 Å². The molecule has 0 saturated carbocycles. The fourth-order valence-corrected chi connectivity index (χ4v) is 3.58. The summed E-state index contributed by atoms with van der Waals surface area (Å²) in [4.78, 5) is -0.000985. The average molecular weight is 355 g/mol. The molecule has 0 atom stereocenters. The van der Waals surface area contributed by atoms with Gasteiger partial charge in [-0.1, -0.05) is 89.7 Å². The lowest BCUT2D eigenvalue weighted by atomic mass is 10.0. The minimum Gasteiger partial charge on any atom is -0.282 e. The highest BCUT2D eigenvalue weighted by atomic mass is 32.2. The van der Waals surface area contributed by atoms with Crippen LogP contribution in [0, 0.1) is 0 Å². The number of aryl methyl sites for hydroxylation is 1. The van der Waals surface area contributed by atoms with Gasteiger partial charge in [0.1, 0.15) is 0 Å². The Kier molecular flexibility index (Phi) is 11.0. The molecular formula is C20H34O3S. The third kappa shape index (κ3) is 10.1. The van der Waals surface area contributed by atoms with E-state index in [0.717, 1.165) is 18.4 Å². The van der Waals surface area contributed by atoms with Gasteiger partial charge in [0.2, 0.25) is 0 Å². The molecule has 0 aliphatic carbocycles. The van der Waals surface area contributed by atoms with Gasteiger partial charge in [-0.05, 0) is 30.5 Å². The van der Waals surface area contributed by atoms with Crippen molar-refractivity contribution in [2.75, 3.05) is 0 Å². The summed E-state index contributed by atoms with van der Waals surface area (Å²) in [5, 5.41) is 0. The van der Waals surface area contributed by atoms with Gasteiger partial charge in [0.05, 0.1) is 4.90 Å². The zero-order valence-electron chi connectivity index (χ0n) is 15.2. The van der Waals surface area contributed by atoms with Crippen LogP contribution >= 0.6 is 0 Å². The minimum atomic E-state index is -4.08. The zero-order chi connectivity index (χ0) is 17.7. The summed E-state index contributed by atoms with van der Waals surface area (Å²) in [6.07, 6.45) is 16.7. The Morgan fingerprint density at radius 2 is 1.29 bits per heavy atom. The molecule has 0 radical (unpaired) electrons. The Hall–Kier alpha value is -0.870. The molecule has 0 amide bonds. The summed E-state index contributed by atoms with van der Waals surface area (Å²) in [5.74, 6) is 0. The monoisotopic (exact) mass is 354 g/mol. The molecular weight excluding hydrogens is 320 g/mol. The first-order valence-electron chi connectivity index (χ1n) is 9.60. The van der Waals surface area contributed by atoms with Crippen molar-refractivity contribution >= 4 is 10.1 Å². The Bertz CT molecular complexity index is 538. The summed E-state index contributed by atoms with van der Waals surface area (Å²) in [6, 6.07) is 6.63. The van der Waals surface area contributed by atoms with E-state index < -0.39 is 10.1 Å². The smallest absolute Gasteiger partial charge is 0.282 e. The molecule has 0 fully saturated rings. The van der Waals surface area contributed by atoms with E-state index >= 15 is 0 Å². The normalized spacial score (nSPS) is 11.8.